The normalized spacial score (nSPS) is 17.4. The van der Waals surface area contributed by atoms with E-state index >= 15 is 0 Å². The van der Waals surface area contributed by atoms with Crippen LogP contribution in [0.2, 0.25) is 0 Å². The van der Waals surface area contributed by atoms with Crippen molar-refractivity contribution < 1.29 is 0 Å². The fourth-order valence-electron chi connectivity index (χ4n) is 3.41. The van der Waals surface area contributed by atoms with Crippen molar-refractivity contribution in [2.45, 2.75) is 45.1 Å². The van der Waals surface area contributed by atoms with Crippen LogP contribution in [0.1, 0.15) is 49.3 Å². The lowest BCUT2D eigenvalue weighted by atomic mass is 9.81. The van der Waals surface area contributed by atoms with E-state index in [-0.39, 0.29) is 0 Å². The van der Waals surface area contributed by atoms with Gasteiger partial charge in [-0.05, 0) is 42.9 Å². The number of hydrogen-bond acceptors (Lipinski definition) is 2. The van der Waals surface area contributed by atoms with E-state index in [1.165, 1.54) is 43.2 Å². The van der Waals surface area contributed by atoms with Crippen LogP contribution in [0.3, 0.4) is 0 Å². The molecule has 0 aliphatic heterocycles. The molecule has 0 saturated heterocycles. The van der Waals surface area contributed by atoms with E-state index in [2.05, 4.69) is 53.6 Å². The van der Waals surface area contributed by atoms with Gasteiger partial charge in [-0.1, -0.05) is 49.6 Å². The summed E-state index contributed by atoms with van der Waals surface area (Å²) in [6.45, 7) is 2.09. The van der Waals surface area contributed by atoms with Crippen LogP contribution in [-0.2, 0) is 0 Å². The molecule has 2 nitrogen and oxygen atoms in total. The molecule has 0 radical (unpaired) electrons. The first-order valence-electron chi connectivity index (χ1n) is 8.06. The van der Waals surface area contributed by atoms with Crippen LogP contribution < -0.4 is 5.32 Å². The lowest BCUT2D eigenvalue weighted by molar-refractivity contribution is 0.321. The number of aryl methyl sites for hydroxylation is 1. The number of nitrogens with one attached hydrogen (secondary N) is 1. The molecule has 1 aliphatic rings. The predicted octanol–water partition coefficient (Wildman–Crippen LogP) is 5.12. The smallest absolute Gasteiger partial charge is 0.0542 e. The van der Waals surface area contributed by atoms with E-state index in [1.807, 2.05) is 12.4 Å². The maximum absolute atomic E-state index is 4.31. The van der Waals surface area contributed by atoms with Gasteiger partial charge in [0.1, 0.15) is 0 Å². The summed E-state index contributed by atoms with van der Waals surface area (Å²) in [5.74, 6) is 0.724. The number of hydrogen-bond donors (Lipinski definition) is 1. The summed E-state index contributed by atoms with van der Waals surface area (Å²) in [7, 11) is 0. The summed E-state index contributed by atoms with van der Waals surface area (Å²) in [5.41, 5.74) is 3.73. The topological polar surface area (TPSA) is 24.9 Å². The molecule has 1 heterocycles. The zero-order valence-corrected chi connectivity index (χ0v) is 12.8. The molecule has 1 N–H and O–H groups in total. The average Bonchev–Trinajstić information content (AvgIpc) is 2.54. The Bertz CT molecular complexity index is 559. The maximum Gasteiger partial charge on any atom is 0.0542 e. The first-order valence-corrected chi connectivity index (χ1v) is 8.06. The minimum atomic E-state index is 0.398. The lowest BCUT2D eigenvalue weighted by Gasteiger charge is -2.32. The molecule has 110 valence electrons. The molecule has 0 amide bonds. The van der Waals surface area contributed by atoms with Gasteiger partial charge in [-0.25, -0.2) is 0 Å². The van der Waals surface area contributed by atoms with Crippen molar-refractivity contribution >= 4 is 5.69 Å². The molecule has 2 heteroatoms. The van der Waals surface area contributed by atoms with Crippen LogP contribution in [0.5, 0.6) is 0 Å². The Morgan fingerprint density at radius 3 is 2.52 bits per heavy atom. The minimum absolute atomic E-state index is 0.398. The monoisotopic (exact) mass is 280 g/mol. The molecule has 21 heavy (non-hydrogen) atoms. The highest BCUT2D eigenvalue weighted by atomic mass is 14.9. The fourth-order valence-corrected chi connectivity index (χ4v) is 3.41. The van der Waals surface area contributed by atoms with Gasteiger partial charge in [-0.3, -0.25) is 4.98 Å². The molecule has 1 fully saturated rings. The zero-order chi connectivity index (χ0) is 14.5. The number of anilines is 1. The van der Waals surface area contributed by atoms with Crippen molar-refractivity contribution in [3.8, 4) is 0 Å². The quantitative estimate of drug-likeness (QED) is 0.840. The van der Waals surface area contributed by atoms with E-state index in [1.54, 1.807) is 0 Å². The Morgan fingerprint density at radius 1 is 1.05 bits per heavy atom. The van der Waals surface area contributed by atoms with Crippen LogP contribution in [0, 0.1) is 12.8 Å². The number of rotatable bonds is 4. The molecule has 1 atom stereocenters. The fraction of sp³-hybridized carbons (Fsp3) is 0.421. The molecule has 0 spiro atoms. The molecule has 0 bridgehead atoms. The van der Waals surface area contributed by atoms with Gasteiger partial charge in [-0.15, -0.1) is 0 Å². The van der Waals surface area contributed by atoms with E-state index in [9.17, 15) is 0 Å². The number of benzene rings is 1. The van der Waals surface area contributed by atoms with Crippen LogP contribution in [0.4, 0.5) is 5.69 Å². The molecule has 1 aromatic carbocycles. The number of pyridine rings is 1. The van der Waals surface area contributed by atoms with Gasteiger partial charge in [0.25, 0.3) is 0 Å². The molecule has 2 aromatic rings. The first kappa shape index (κ1) is 14.1. The summed E-state index contributed by atoms with van der Waals surface area (Å²) in [5, 5.41) is 3.74. The van der Waals surface area contributed by atoms with Gasteiger partial charge in [0.05, 0.1) is 11.7 Å². The summed E-state index contributed by atoms with van der Waals surface area (Å²) in [4.78, 5) is 4.31. The van der Waals surface area contributed by atoms with E-state index in [0.29, 0.717) is 6.04 Å². The van der Waals surface area contributed by atoms with Gasteiger partial charge in [0, 0.05) is 12.4 Å². The highest BCUT2D eigenvalue weighted by Gasteiger charge is 2.24. The Labute approximate surface area is 127 Å². The first-order chi connectivity index (χ1) is 10.3. The third-order valence-electron chi connectivity index (χ3n) is 4.48. The van der Waals surface area contributed by atoms with Crippen LogP contribution in [0.15, 0.2) is 48.8 Å². The van der Waals surface area contributed by atoms with E-state index in [0.717, 1.165) is 11.6 Å². The molecular formula is C19H24N2. The summed E-state index contributed by atoms with van der Waals surface area (Å²) in [6, 6.07) is 13.4. The number of aromatic nitrogens is 1. The SMILES string of the molecule is Cc1cncc(NC(c2ccccc2)C2CCCCC2)c1. The zero-order valence-electron chi connectivity index (χ0n) is 12.8. The summed E-state index contributed by atoms with van der Waals surface area (Å²) >= 11 is 0. The van der Waals surface area contributed by atoms with Gasteiger partial charge in [0.15, 0.2) is 0 Å². The largest absolute Gasteiger partial charge is 0.377 e. The van der Waals surface area contributed by atoms with Gasteiger partial charge >= 0.3 is 0 Å². The van der Waals surface area contributed by atoms with Crippen LogP contribution in [-0.4, -0.2) is 4.98 Å². The third kappa shape index (κ3) is 3.63. The number of nitrogens with zero attached hydrogens (tertiary/aromatic N) is 1. The molecule has 1 aromatic heterocycles. The lowest BCUT2D eigenvalue weighted by Crippen LogP contribution is -2.23. The summed E-state index contributed by atoms with van der Waals surface area (Å²) < 4.78 is 0. The highest BCUT2D eigenvalue weighted by molar-refractivity contribution is 5.45. The standard InChI is InChI=1S/C19H24N2/c1-15-12-18(14-20-13-15)21-19(16-8-4-2-5-9-16)17-10-6-3-7-11-17/h2,4-5,8-9,12-14,17,19,21H,3,6-7,10-11H2,1H3. The average molecular weight is 280 g/mol. The van der Waals surface area contributed by atoms with Gasteiger partial charge < -0.3 is 5.32 Å². The van der Waals surface area contributed by atoms with Gasteiger partial charge in [0.2, 0.25) is 0 Å². The maximum atomic E-state index is 4.31. The van der Waals surface area contributed by atoms with Crippen molar-refractivity contribution in [1.82, 2.24) is 4.98 Å². The molecule has 3 rings (SSSR count). The van der Waals surface area contributed by atoms with Crippen LogP contribution >= 0.6 is 0 Å². The highest BCUT2D eigenvalue weighted by Crippen LogP contribution is 2.36. The third-order valence-corrected chi connectivity index (χ3v) is 4.48. The Balaban J connectivity index is 1.85. The second-order valence-electron chi connectivity index (χ2n) is 6.18. The van der Waals surface area contributed by atoms with Crippen molar-refractivity contribution in [2.24, 2.45) is 5.92 Å². The molecule has 1 unspecified atom stereocenters. The molecule has 1 aliphatic carbocycles. The second-order valence-corrected chi connectivity index (χ2v) is 6.18. The molecule has 1 saturated carbocycles. The van der Waals surface area contributed by atoms with Crippen molar-refractivity contribution in [3.63, 3.8) is 0 Å². The van der Waals surface area contributed by atoms with Crippen LogP contribution in [0.25, 0.3) is 0 Å². The predicted molar refractivity (Wildman–Crippen MR) is 88.4 cm³/mol. The second kappa shape index (κ2) is 6.75. The van der Waals surface area contributed by atoms with E-state index < -0.39 is 0 Å². The Morgan fingerprint density at radius 2 is 1.81 bits per heavy atom. The van der Waals surface area contributed by atoms with E-state index in [4.69, 9.17) is 0 Å². The molecular weight excluding hydrogens is 256 g/mol. The van der Waals surface area contributed by atoms with Crippen molar-refractivity contribution in [2.75, 3.05) is 5.32 Å². The van der Waals surface area contributed by atoms with Crippen molar-refractivity contribution in [1.29, 1.82) is 0 Å². The van der Waals surface area contributed by atoms with Gasteiger partial charge in [-0.2, -0.15) is 0 Å². The van der Waals surface area contributed by atoms with Crippen molar-refractivity contribution in [3.05, 3.63) is 59.9 Å². The summed E-state index contributed by atoms with van der Waals surface area (Å²) in [6.07, 6.45) is 10.6. The Hall–Kier alpha value is -1.83. The minimum Gasteiger partial charge on any atom is -0.377 e. The Kier molecular flexibility index (Phi) is 4.54.